The number of nitrogens with zero attached hydrogens (tertiary/aromatic N) is 3. The quantitative estimate of drug-likeness (QED) is 0.862. The predicted molar refractivity (Wildman–Crippen MR) is 91.6 cm³/mol. The van der Waals surface area contributed by atoms with Gasteiger partial charge in [0.25, 0.3) is 0 Å². The van der Waals surface area contributed by atoms with Crippen molar-refractivity contribution in [1.82, 2.24) is 14.3 Å². The van der Waals surface area contributed by atoms with Crippen LogP contribution in [0.3, 0.4) is 0 Å². The fourth-order valence-electron chi connectivity index (χ4n) is 3.18. The van der Waals surface area contributed by atoms with Gasteiger partial charge in [0.05, 0.1) is 17.8 Å². The van der Waals surface area contributed by atoms with E-state index in [4.69, 9.17) is 0 Å². The smallest absolute Gasteiger partial charge is 0.379 e. The molecule has 0 amide bonds. The lowest BCUT2D eigenvalue weighted by Gasteiger charge is -2.30. The fourth-order valence-corrected chi connectivity index (χ4v) is 3.18. The number of hydrogen-bond donors (Lipinski definition) is 1. The lowest BCUT2D eigenvalue weighted by Crippen LogP contribution is -2.36. The summed E-state index contributed by atoms with van der Waals surface area (Å²) < 4.78 is 40.4. The Labute approximate surface area is 145 Å². The molecular weight excluding hydrogens is 329 g/mol. The van der Waals surface area contributed by atoms with Crippen molar-refractivity contribution in [2.45, 2.75) is 38.4 Å². The van der Waals surface area contributed by atoms with Crippen LogP contribution in [0.4, 0.5) is 18.9 Å². The second-order valence-corrected chi connectivity index (χ2v) is 6.41. The minimum absolute atomic E-state index is 0.0869. The SMILES string of the molecule is CC#Cc1nc2c(NC3CCN(C)CC3)cccn2c1CC(F)(F)F. The second-order valence-electron chi connectivity index (χ2n) is 6.41. The number of imidazole rings is 1. The molecule has 1 aliphatic heterocycles. The number of fused-ring (bicyclic) bond motifs is 1. The van der Waals surface area contributed by atoms with Gasteiger partial charge < -0.3 is 14.6 Å². The minimum atomic E-state index is -4.31. The highest BCUT2D eigenvalue weighted by Crippen LogP contribution is 2.27. The lowest BCUT2D eigenvalue weighted by atomic mass is 10.1. The molecule has 4 nitrogen and oxygen atoms in total. The summed E-state index contributed by atoms with van der Waals surface area (Å²) >= 11 is 0. The maximum Gasteiger partial charge on any atom is 0.394 e. The molecule has 1 saturated heterocycles. The molecule has 0 aromatic carbocycles. The van der Waals surface area contributed by atoms with Crippen molar-refractivity contribution in [2.75, 3.05) is 25.5 Å². The molecule has 7 heteroatoms. The van der Waals surface area contributed by atoms with Crippen LogP contribution in [0.25, 0.3) is 5.65 Å². The monoisotopic (exact) mass is 350 g/mol. The zero-order valence-electron chi connectivity index (χ0n) is 14.3. The molecule has 0 aliphatic carbocycles. The van der Waals surface area contributed by atoms with Crippen molar-refractivity contribution in [1.29, 1.82) is 0 Å². The van der Waals surface area contributed by atoms with E-state index in [-0.39, 0.29) is 11.4 Å². The number of anilines is 1. The molecular formula is C18H21F3N4. The summed E-state index contributed by atoms with van der Waals surface area (Å²) in [5.41, 5.74) is 1.53. The van der Waals surface area contributed by atoms with Crippen LogP contribution >= 0.6 is 0 Å². The van der Waals surface area contributed by atoms with E-state index in [1.165, 1.54) is 4.40 Å². The van der Waals surface area contributed by atoms with Crippen LogP contribution in [-0.2, 0) is 6.42 Å². The summed E-state index contributed by atoms with van der Waals surface area (Å²) in [6.07, 6.45) is -1.75. The van der Waals surface area contributed by atoms with Gasteiger partial charge in [-0.3, -0.25) is 0 Å². The Bertz CT molecular complexity index is 805. The number of nitrogens with one attached hydrogen (secondary N) is 1. The molecule has 0 bridgehead atoms. The Balaban J connectivity index is 1.97. The first-order valence-electron chi connectivity index (χ1n) is 8.32. The second kappa shape index (κ2) is 6.96. The highest BCUT2D eigenvalue weighted by Gasteiger charge is 2.31. The van der Waals surface area contributed by atoms with E-state index in [2.05, 4.69) is 34.1 Å². The van der Waals surface area contributed by atoms with E-state index in [1.807, 2.05) is 6.07 Å². The zero-order valence-corrected chi connectivity index (χ0v) is 14.3. The van der Waals surface area contributed by atoms with Gasteiger partial charge in [0, 0.05) is 12.2 Å². The Hall–Kier alpha value is -2.20. The molecule has 1 N–H and O–H groups in total. The first-order valence-corrected chi connectivity index (χ1v) is 8.32. The minimum Gasteiger partial charge on any atom is -0.379 e. The van der Waals surface area contributed by atoms with Crippen LogP contribution in [0.2, 0.25) is 0 Å². The van der Waals surface area contributed by atoms with Gasteiger partial charge in [-0.1, -0.05) is 5.92 Å². The van der Waals surface area contributed by atoms with E-state index in [0.29, 0.717) is 11.7 Å². The summed E-state index contributed by atoms with van der Waals surface area (Å²) in [6.45, 7) is 3.60. The summed E-state index contributed by atoms with van der Waals surface area (Å²) in [5, 5.41) is 3.45. The molecule has 0 spiro atoms. The Morgan fingerprint density at radius 2 is 2.04 bits per heavy atom. The van der Waals surface area contributed by atoms with Gasteiger partial charge in [0.2, 0.25) is 0 Å². The predicted octanol–water partition coefficient (Wildman–Crippen LogP) is 3.32. The van der Waals surface area contributed by atoms with Crippen molar-refractivity contribution >= 4 is 11.3 Å². The number of likely N-dealkylation sites (tertiary alicyclic amines) is 1. The zero-order chi connectivity index (χ0) is 18.0. The van der Waals surface area contributed by atoms with E-state index in [1.54, 1.807) is 19.2 Å². The topological polar surface area (TPSA) is 32.6 Å². The summed E-state index contributed by atoms with van der Waals surface area (Å²) in [6, 6.07) is 3.90. The van der Waals surface area contributed by atoms with Gasteiger partial charge in [0.1, 0.15) is 5.69 Å². The summed E-state index contributed by atoms with van der Waals surface area (Å²) in [5.74, 6) is 5.37. The highest BCUT2D eigenvalue weighted by molar-refractivity contribution is 5.70. The van der Waals surface area contributed by atoms with E-state index >= 15 is 0 Å². The maximum atomic E-state index is 13.0. The average molecular weight is 350 g/mol. The molecule has 1 fully saturated rings. The third-order valence-electron chi connectivity index (χ3n) is 4.44. The van der Waals surface area contributed by atoms with Crippen molar-refractivity contribution < 1.29 is 13.2 Å². The molecule has 2 aromatic heterocycles. The molecule has 3 rings (SSSR count). The Morgan fingerprint density at radius 3 is 2.68 bits per heavy atom. The first kappa shape index (κ1) is 17.6. The number of alkyl halides is 3. The molecule has 134 valence electrons. The van der Waals surface area contributed by atoms with Crippen LogP contribution in [-0.4, -0.2) is 46.6 Å². The molecule has 0 radical (unpaired) electrons. The number of pyridine rings is 1. The van der Waals surface area contributed by atoms with Gasteiger partial charge in [-0.2, -0.15) is 13.2 Å². The van der Waals surface area contributed by atoms with Crippen LogP contribution in [0, 0.1) is 11.8 Å². The number of hydrogen-bond acceptors (Lipinski definition) is 3. The van der Waals surface area contributed by atoms with Crippen molar-refractivity contribution in [3.05, 3.63) is 29.7 Å². The van der Waals surface area contributed by atoms with E-state index in [9.17, 15) is 13.2 Å². The number of aromatic nitrogens is 2. The molecule has 2 aromatic rings. The number of rotatable bonds is 3. The fraction of sp³-hybridized carbons (Fsp3) is 0.500. The lowest BCUT2D eigenvalue weighted by molar-refractivity contribution is -0.128. The summed E-state index contributed by atoms with van der Waals surface area (Å²) in [4.78, 5) is 6.65. The van der Waals surface area contributed by atoms with Crippen LogP contribution in [0.5, 0.6) is 0 Å². The number of halogens is 3. The van der Waals surface area contributed by atoms with Crippen LogP contribution in [0.15, 0.2) is 18.3 Å². The third-order valence-corrected chi connectivity index (χ3v) is 4.44. The van der Waals surface area contributed by atoms with Gasteiger partial charge in [0.15, 0.2) is 5.65 Å². The van der Waals surface area contributed by atoms with Gasteiger partial charge in [-0.15, -0.1) is 0 Å². The van der Waals surface area contributed by atoms with E-state index in [0.717, 1.165) is 31.6 Å². The maximum absolute atomic E-state index is 13.0. The molecule has 0 saturated carbocycles. The van der Waals surface area contributed by atoms with Gasteiger partial charge in [-0.05, 0) is 58.0 Å². The van der Waals surface area contributed by atoms with Gasteiger partial charge in [-0.25, -0.2) is 4.98 Å². The standard InChI is InChI=1S/C18H21F3N4/c1-3-5-14-16(12-18(19,20)21)25-9-4-6-15(17(25)23-14)22-13-7-10-24(2)11-8-13/h4,6,9,13,22H,7-8,10-12H2,1-2H3. The largest absolute Gasteiger partial charge is 0.394 e. The number of piperidine rings is 1. The van der Waals surface area contributed by atoms with Crippen LogP contribution < -0.4 is 5.32 Å². The summed E-state index contributed by atoms with van der Waals surface area (Å²) in [7, 11) is 2.09. The first-order chi connectivity index (χ1) is 11.9. The Morgan fingerprint density at radius 1 is 1.32 bits per heavy atom. The molecule has 0 unspecified atom stereocenters. The highest BCUT2D eigenvalue weighted by atomic mass is 19.4. The normalized spacial score (nSPS) is 16.7. The van der Waals surface area contributed by atoms with Crippen molar-refractivity contribution in [3.63, 3.8) is 0 Å². The Kier molecular flexibility index (Phi) is 4.91. The van der Waals surface area contributed by atoms with Crippen LogP contribution in [0.1, 0.15) is 31.2 Å². The van der Waals surface area contributed by atoms with Gasteiger partial charge >= 0.3 is 6.18 Å². The third kappa shape index (κ3) is 4.07. The van der Waals surface area contributed by atoms with E-state index < -0.39 is 12.6 Å². The van der Waals surface area contributed by atoms with Crippen molar-refractivity contribution in [2.24, 2.45) is 0 Å². The van der Waals surface area contributed by atoms with Crippen molar-refractivity contribution in [3.8, 4) is 11.8 Å². The molecule has 3 heterocycles. The average Bonchev–Trinajstić information content (AvgIpc) is 2.87. The molecule has 1 aliphatic rings. The molecule has 0 atom stereocenters. The molecule has 25 heavy (non-hydrogen) atoms.